The second-order valence-corrected chi connectivity index (χ2v) is 13.0. The lowest BCUT2D eigenvalue weighted by atomic mass is 9.40. The molecular weight excluding hydrogens is 452 g/mol. The number of aliphatic carboxylic acids is 1. The Morgan fingerprint density at radius 1 is 1.14 bits per heavy atom. The van der Waals surface area contributed by atoms with E-state index >= 15 is 0 Å². The fourth-order valence-corrected chi connectivity index (χ4v) is 8.95. The van der Waals surface area contributed by atoms with Crippen molar-refractivity contribution in [3.63, 3.8) is 0 Å². The van der Waals surface area contributed by atoms with Crippen molar-refractivity contribution < 1.29 is 24.5 Å². The number of ether oxygens (including phenoxy) is 1. The summed E-state index contributed by atoms with van der Waals surface area (Å²) in [5.41, 5.74) is 3.70. The summed E-state index contributed by atoms with van der Waals surface area (Å²) in [6.07, 6.45) is 10.3. The van der Waals surface area contributed by atoms with Gasteiger partial charge >= 0.3 is 11.9 Å². The van der Waals surface area contributed by atoms with Crippen LogP contribution in [0, 0.1) is 34.0 Å². The van der Waals surface area contributed by atoms with Crippen molar-refractivity contribution in [1.82, 2.24) is 0 Å². The number of carbonyl (C=O) groups is 2. The maximum atomic E-state index is 12.6. The van der Waals surface area contributed by atoms with Crippen LogP contribution in [0.15, 0.2) is 34.4 Å². The van der Waals surface area contributed by atoms with E-state index in [0.717, 1.165) is 37.7 Å². The Hall–Kier alpha value is -1.88. The molecule has 0 aromatic heterocycles. The first-order valence-corrected chi connectivity index (χ1v) is 13.9. The van der Waals surface area contributed by atoms with Crippen molar-refractivity contribution in [2.75, 3.05) is 0 Å². The molecule has 4 aliphatic rings. The van der Waals surface area contributed by atoms with E-state index < -0.39 is 12.1 Å². The molecule has 5 heteroatoms. The molecule has 0 bridgehead atoms. The summed E-state index contributed by atoms with van der Waals surface area (Å²) in [6, 6.07) is 0. The summed E-state index contributed by atoms with van der Waals surface area (Å²) in [5.74, 6) is -0.460. The van der Waals surface area contributed by atoms with Crippen LogP contribution in [0.25, 0.3) is 0 Å². The molecule has 2 N–H and O–H groups in total. The summed E-state index contributed by atoms with van der Waals surface area (Å²) in [4.78, 5) is 24.8. The second-order valence-electron chi connectivity index (χ2n) is 13.0. The number of hydrogen-bond donors (Lipinski definition) is 2. The van der Waals surface area contributed by atoms with Crippen LogP contribution in [0.4, 0.5) is 0 Å². The Labute approximate surface area is 217 Å². The zero-order valence-corrected chi connectivity index (χ0v) is 23.3. The van der Waals surface area contributed by atoms with Crippen LogP contribution >= 0.6 is 0 Å². The monoisotopic (exact) mass is 498 g/mol. The number of esters is 1. The molecule has 3 saturated carbocycles. The summed E-state index contributed by atoms with van der Waals surface area (Å²) < 4.78 is 5.90. The molecule has 3 fully saturated rings. The van der Waals surface area contributed by atoms with Gasteiger partial charge < -0.3 is 14.9 Å². The molecule has 0 saturated heterocycles. The van der Waals surface area contributed by atoms with Gasteiger partial charge in [0.05, 0.1) is 6.10 Å². The molecular formula is C31H46O5. The van der Waals surface area contributed by atoms with Gasteiger partial charge in [-0.25, -0.2) is 4.79 Å². The highest BCUT2D eigenvalue weighted by atomic mass is 16.5. The molecule has 0 spiro atoms. The quantitative estimate of drug-likeness (QED) is 0.253. The number of carboxylic acid groups (broad SMARTS) is 1. The van der Waals surface area contributed by atoms with E-state index in [1.54, 1.807) is 0 Å². The van der Waals surface area contributed by atoms with E-state index in [0.29, 0.717) is 30.8 Å². The van der Waals surface area contributed by atoms with Gasteiger partial charge in [-0.15, -0.1) is 0 Å². The van der Waals surface area contributed by atoms with Crippen molar-refractivity contribution in [2.24, 2.45) is 34.0 Å². The molecule has 0 aromatic carbocycles. The standard InChI is InChI=1S/C31H46O5/c1-18(2)9-8-10-21(28(34)35)27-23-11-12-26-29(5)15-14-24(33)19(3)22(29)13-16-30(26,6)31(23,7)17-25(27)36-20(4)32/h9,12,19,22-25,33H,8,10-11,13-17H2,1-7H3,(H,34,35)/b27-21-/t19-,22-,23-,24+,25+,29-,30-,31-/m0/s1. The minimum atomic E-state index is -0.890. The highest BCUT2D eigenvalue weighted by Crippen LogP contribution is 2.72. The van der Waals surface area contributed by atoms with Crippen LogP contribution in [-0.4, -0.2) is 34.4 Å². The minimum Gasteiger partial charge on any atom is -0.478 e. The number of carboxylic acids is 1. The van der Waals surface area contributed by atoms with Gasteiger partial charge in [0.1, 0.15) is 6.10 Å². The van der Waals surface area contributed by atoms with Crippen LogP contribution < -0.4 is 0 Å². The topological polar surface area (TPSA) is 83.8 Å². The van der Waals surface area contributed by atoms with Gasteiger partial charge in [0.15, 0.2) is 0 Å². The van der Waals surface area contributed by atoms with E-state index in [-0.39, 0.29) is 40.2 Å². The van der Waals surface area contributed by atoms with Gasteiger partial charge in [-0.05, 0) is 105 Å². The average Bonchev–Trinajstić information content (AvgIpc) is 3.05. The first kappa shape index (κ1) is 27.2. The molecule has 8 atom stereocenters. The van der Waals surface area contributed by atoms with Crippen molar-refractivity contribution in [3.05, 3.63) is 34.4 Å². The fourth-order valence-electron chi connectivity index (χ4n) is 8.95. The van der Waals surface area contributed by atoms with Crippen LogP contribution in [0.1, 0.15) is 99.8 Å². The Kier molecular flexibility index (Phi) is 7.13. The molecule has 4 rings (SSSR count). The van der Waals surface area contributed by atoms with E-state index in [1.165, 1.54) is 18.1 Å². The number of fused-ring (bicyclic) bond motifs is 5. The number of allylic oxidation sites excluding steroid dienone is 4. The van der Waals surface area contributed by atoms with Crippen LogP contribution in [0.3, 0.4) is 0 Å². The zero-order chi connectivity index (χ0) is 26.6. The third kappa shape index (κ3) is 4.10. The Bertz CT molecular complexity index is 1020. The van der Waals surface area contributed by atoms with Crippen molar-refractivity contribution in [2.45, 2.75) is 112 Å². The largest absolute Gasteiger partial charge is 0.478 e. The Morgan fingerprint density at radius 3 is 2.44 bits per heavy atom. The lowest BCUT2D eigenvalue weighted by molar-refractivity contribution is -0.145. The zero-order valence-electron chi connectivity index (χ0n) is 23.3. The average molecular weight is 499 g/mol. The smallest absolute Gasteiger partial charge is 0.331 e. The van der Waals surface area contributed by atoms with Gasteiger partial charge in [-0.3, -0.25) is 4.79 Å². The maximum absolute atomic E-state index is 12.6. The first-order chi connectivity index (χ1) is 16.8. The predicted octanol–water partition coefficient (Wildman–Crippen LogP) is 6.62. The first-order valence-electron chi connectivity index (χ1n) is 13.9. The van der Waals surface area contributed by atoms with Gasteiger partial charge in [-0.1, -0.05) is 51.0 Å². The van der Waals surface area contributed by atoms with E-state index in [2.05, 4.69) is 39.8 Å². The summed E-state index contributed by atoms with van der Waals surface area (Å²) in [5, 5.41) is 20.9. The summed E-state index contributed by atoms with van der Waals surface area (Å²) >= 11 is 0. The normalized spacial score (nSPS) is 42.9. The van der Waals surface area contributed by atoms with E-state index in [9.17, 15) is 19.8 Å². The van der Waals surface area contributed by atoms with Gasteiger partial charge in [0.2, 0.25) is 0 Å². The maximum Gasteiger partial charge on any atom is 0.331 e. The molecule has 0 radical (unpaired) electrons. The van der Waals surface area contributed by atoms with Crippen molar-refractivity contribution >= 4 is 11.9 Å². The molecule has 4 aliphatic carbocycles. The molecule has 0 unspecified atom stereocenters. The van der Waals surface area contributed by atoms with Crippen LogP contribution in [0.5, 0.6) is 0 Å². The SMILES string of the molecule is CC(=O)O[C@@H]1C[C@@]2(C)[C@@H](CC=C3[C@]2(C)CC[C@H]2[C@H](C)[C@H](O)CC[C@]32C)/C1=C(\CCC=C(C)C)C(=O)O. The fraction of sp³-hybridized carbons (Fsp3) is 0.742. The molecule has 5 nitrogen and oxygen atoms in total. The lowest BCUT2D eigenvalue weighted by Crippen LogP contribution is -2.56. The van der Waals surface area contributed by atoms with E-state index in [4.69, 9.17) is 4.74 Å². The molecule has 36 heavy (non-hydrogen) atoms. The second kappa shape index (κ2) is 9.45. The lowest BCUT2D eigenvalue weighted by Gasteiger charge is -2.64. The molecule has 0 amide bonds. The Morgan fingerprint density at radius 2 is 1.83 bits per heavy atom. The minimum absolute atomic E-state index is 0.0418. The van der Waals surface area contributed by atoms with E-state index in [1.807, 2.05) is 13.8 Å². The highest BCUT2D eigenvalue weighted by Gasteiger charge is 2.66. The predicted molar refractivity (Wildman–Crippen MR) is 141 cm³/mol. The van der Waals surface area contributed by atoms with Gasteiger partial charge in [0.25, 0.3) is 0 Å². The van der Waals surface area contributed by atoms with Crippen LogP contribution in [-0.2, 0) is 14.3 Å². The number of rotatable bonds is 5. The number of aliphatic hydroxyl groups is 1. The van der Waals surface area contributed by atoms with Crippen molar-refractivity contribution in [1.29, 1.82) is 0 Å². The molecule has 0 heterocycles. The highest BCUT2D eigenvalue weighted by molar-refractivity contribution is 5.88. The molecule has 0 aromatic rings. The summed E-state index contributed by atoms with van der Waals surface area (Å²) in [7, 11) is 0. The van der Waals surface area contributed by atoms with Gasteiger partial charge in [0, 0.05) is 12.5 Å². The van der Waals surface area contributed by atoms with Crippen LogP contribution in [0.2, 0.25) is 0 Å². The summed E-state index contributed by atoms with van der Waals surface area (Å²) in [6.45, 7) is 14.8. The van der Waals surface area contributed by atoms with Gasteiger partial charge in [-0.2, -0.15) is 0 Å². The third-order valence-corrected chi connectivity index (χ3v) is 11.0. The number of aliphatic hydroxyl groups excluding tert-OH is 1. The van der Waals surface area contributed by atoms with Crippen molar-refractivity contribution in [3.8, 4) is 0 Å². The third-order valence-electron chi connectivity index (χ3n) is 11.0. The Balaban J connectivity index is 1.82. The number of carbonyl (C=O) groups excluding carboxylic acids is 1. The molecule has 0 aliphatic heterocycles. The number of hydrogen-bond acceptors (Lipinski definition) is 4. The molecule has 200 valence electrons.